The van der Waals surface area contributed by atoms with Gasteiger partial charge in [0.2, 0.25) is 11.1 Å². The number of fused-ring (bicyclic) bond motifs is 1. The summed E-state index contributed by atoms with van der Waals surface area (Å²) in [6.07, 6.45) is 1.82. The van der Waals surface area contributed by atoms with Gasteiger partial charge in [-0.25, -0.2) is 4.68 Å². The van der Waals surface area contributed by atoms with Crippen LogP contribution in [0, 0.1) is 13.8 Å². The molecule has 3 aromatic rings. The fourth-order valence-electron chi connectivity index (χ4n) is 3.47. The van der Waals surface area contributed by atoms with E-state index in [0.717, 1.165) is 46.2 Å². The molecule has 0 spiro atoms. The Kier molecular flexibility index (Phi) is 5.58. The van der Waals surface area contributed by atoms with Crippen LogP contribution in [0.15, 0.2) is 53.7 Å². The number of rotatable bonds is 5. The number of hydrogen-bond donors (Lipinski definition) is 2. The number of thioether (sulfide) groups is 1. The highest BCUT2D eigenvalue weighted by Gasteiger charge is 2.37. The van der Waals surface area contributed by atoms with Gasteiger partial charge in [-0.15, -0.1) is 10.2 Å². The fourth-order valence-corrected chi connectivity index (χ4v) is 4.57. The van der Waals surface area contributed by atoms with Crippen molar-refractivity contribution in [1.29, 1.82) is 0 Å². The van der Waals surface area contributed by atoms with Gasteiger partial charge in [0.05, 0.1) is 6.04 Å². The fraction of sp³-hybridized carbons (Fsp3) is 0.318. The second-order valence-corrected chi connectivity index (χ2v) is 8.46. The van der Waals surface area contributed by atoms with E-state index in [0.29, 0.717) is 0 Å². The summed E-state index contributed by atoms with van der Waals surface area (Å²) in [5.41, 5.74) is 7.56. The molecule has 0 fully saturated rings. The first kappa shape index (κ1) is 19.5. The number of nitrogens with zero attached hydrogens (tertiary/aromatic N) is 3. The first-order valence-corrected chi connectivity index (χ1v) is 10.8. The lowest BCUT2D eigenvalue weighted by Crippen LogP contribution is -2.41. The summed E-state index contributed by atoms with van der Waals surface area (Å²) in [6.45, 7) is 6.15. The number of benzene rings is 2. The average Bonchev–Trinajstić information content (AvgIpc) is 3.12. The van der Waals surface area contributed by atoms with Gasteiger partial charge in [-0.1, -0.05) is 61.2 Å². The van der Waals surface area contributed by atoms with E-state index in [2.05, 4.69) is 27.9 Å². The summed E-state index contributed by atoms with van der Waals surface area (Å²) in [4.78, 5) is 13.3. The molecule has 0 saturated heterocycles. The van der Waals surface area contributed by atoms with Crippen molar-refractivity contribution in [3.8, 4) is 0 Å². The zero-order valence-electron chi connectivity index (χ0n) is 16.8. The van der Waals surface area contributed by atoms with E-state index in [4.69, 9.17) is 0 Å². The van der Waals surface area contributed by atoms with E-state index in [1.807, 2.05) is 67.1 Å². The number of carbonyl (C=O) groups is 1. The van der Waals surface area contributed by atoms with E-state index in [1.54, 1.807) is 0 Å². The Hall–Kier alpha value is -2.80. The Balaban J connectivity index is 1.67. The highest BCUT2D eigenvalue weighted by Crippen LogP contribution is 2.37. The molecule has 0 aliphatic carbocycles. The minimum atomic E-state index is -0.372. The largest absolute Gasteiger partial charge is 0.325 e. The van der Waals surface area contributed by atoms with Crippen LogP contribution >= 0.6 is 11.8 Å². The Morgan fingerprint density at radius 1 is 1.17 bits per heavy atom. The lowest BCUT2D eigenvalue weighted by molar-refractivity contribution is -0.116. The highest BCUT2D eigenvalue weighted by molar-refractivity contribution is 8.00. The highest BCUT2D eigenvalue weighted by atomic mass is 32.2. The van der Waals surface area contributed by atoms with Gasteiger partial charge in [0.15, 0.2) is 5.82 Å². The first-order valence-electron chi connectivity index (χ1n) is 9.87. The molecule has 0 radical (unpaired) electrons. The minimum Gasteiger partial charge on any atom is -0.325 e. The zero-order valence-corrected chi connectivity index (χ0v) is 17.7. The van der Waals surface area contributed by atoms with Gasteiger partial charge in [-0.3, -0.25) is 4.79 Å². The Morgan fingerprint density at radius 3 is 2.72 bits per heavy atom. The minimum absolute atomic E-state index is 0.0451. The van der Waals surface area contributed by atoms with Gasteiger partial charge in [0, 0.05) is 12.1 Å². The maximum Gasteiger partial charge on any atom is 0.240 e. The molecule has 0 saturated carbocycles. The van der Waals surface area contributed by atoms with Crippen molar-refractivity contribution in [3.05, 3.63) is 71.0 Å². The van der Waals surface area contributed by atoms with Gasteiger partial charge in [-0.05, 0) is 43.0 Å². The molecule has 29 heavy (non-hydrogen) atoms. The summed E-state index contributed by atoms with van der Waals surface area (Å²) < 4.78 is 1.94. The predicted octanol–water partition coefficient (Wildman–Crippen LogP) is 4.25. The van der Waals surface area contributed by atoms with E-state index >= 15 is 0 Å². The molecule has 1 aromatic heterocycles. The topological polar surface area (TPSA) is 71.8 Å². The van der Waals surface area contributed by atoms with Crippen molar-refractivity contribution >= 4 is 23.4 Å². The molecule has 2 unspecified atom stereocenters. The van der Waals surface area contributed by atoms with Crippen molar-refractivity contribution in [1.82, 2.24) is 14.9 Å². The van der Waals surface area contributed by atoms with Crippen LogP contribution < -0.4 is 10.7 Å². The number of amides is 1. The van der Waals surface area contributed by atoms with Crippen LogP contribution in [0.4, 0.5) is 5.69 Å². The van der Waals surface area contributed by atoms with Crippen molar-refractivity contribution < 1.29 is 4.79 Å². The van der Waals surface area contributed by atoms with Crippen molar-refractivity contribution in [2.75, 3.05) is 10.7 Å². The molecule has 1 aliphatic rings. The molecular formula is C22H25N5OS. The molecule has 4 rings (SSSR count). The monoisotopic (exact) mass is 407 g/mol. The van der Waals surface area contributed by atoms with Gasteiger partial charge in [0.25, 0.3) is 0 Å². The van der Waals surface area contributed by atoms with Crippen LogP contribution in [0.5, 0.6) is 0 Å². The molecule has 7 heteroatoms. The van der Waals surface area contributed by atoms with E-state index < -0.39 is 0 Å². The normalized spacial score (nSPS) is 18.0. The van der Waals surface area contributed by atoms with Crippen molar-refractivity contribution in [3.63, 3.8) is 0 Å². The molecule has 1 aliphatic heterocycles. The van der Waals surface area contributed by atoms with Crippen LogP contribution in [-0.4, -0.2) is 26.0 Å². The number of anilines is 1. The number of nitrogens with one attached hydrogen (secondary N) is 2. The quantitative estimate of drug-likeness (QED) is 0.662. The van der Waals surface area contributed by atoms with E-state index in [1.165, 1.54) is 11.8 Å². The molecule has 1 amide bonds. The van der Waals surface area contributed by atoms with Crippen LogP contribution in [0.1, 0.15) is 41.9 Å². The maximum absolute atomic E-state index is 13.3. The standard InChI is InChI=1S/C22H25N5OS/c1-4-8-18-24-25-22-27(18)26-19(16-9-6-5-7-10-16)20(29-22)21(28)23-17-13-14(2)11-12-15(17)3/h5-7,9-13,19-20,26H,4,8H2,1-3H3,(H,23,28). The van der Waals surface area contributed by atoms with E-state index in [-0.39, 0.29) is 17.2 Å². The van der Waals surface area contributed by atoms with Crippen molar-refractivity contribution in [2.45, 2.75) is 50.1 Å². The maximum atomic E-state index is 13.3. The van der Waals surface area contributed by atoms with Gasteiger partial charge < -0.3 is 10.7 Å². The molecule has 2 N–H and O–H groups in total. The van der Waals surface area contributed by atoms with Crippen LogP contribution in [0.25, 0.3) is 0 Å². The number of aryl methyl sites for hydroxylation is 3. The molecule has 0 bridgehead atoms. The molecule has 2 atom stereocenters. The number of carbonyl (C=O) groups excluding carboxylic acids is 1. The van der Waals surface area contributed by atoms with Crippen molar-refractivity contribution in [2.24, 2.45) is 0 Å². The third kappa shape index (κ3) is 4.00. The lowest BCUT2D eigenvalue weighted by Gasteiger charge is -2.33. The summed E-state index contributed by atoms with van der Waals surface area (Å²) in [5.74, 6) is 0.848. The SMILES string of the molecule is CCCc1nnc2n1NC(c1ccccc1)C(C(=O)Nc1cc(C)ccc1C)S2. The molecule has 2 aromatic carbocycles. The smallest absolute Gasteiger partial charge is 0.240 e. The van der Waals surface area contributed by atoms with E-state index in [9.17, 15) is 4.79 Å². The zero-order chi connectivity index (χ0) is 20.4. The Morgan fingerprint density at radius 2 is 1.97 bits per heavy atom. The van der Waals surface area contributed by atoms with Crippen LogP contribution in [0.2, 0.25) is 0 Å². The summed E-state index contributed by atoms with van der Waals surface area (Å²) in [6, 6.07) is 16.0. The molecule has 6 nitrogen and oxygen atoms in total. The summed E-state index contributed by atoms with van der Waals surface area (Å²) in [5, 5.41) is 12.1. The third-order valence-electron chi connectivity index (χ3n) is 5.05. The number of hydrogen-bond acceptors (Lipinski definition) is 5. The summed E-state index contributed by atoms with van der Waals surface area (Å²) >= 11 is 1.46. The first-order chi connectivity index (χ1) is 14.1. The van der Waals surface area contributed by atoms with Crippen LogP contribution in [0.3, 0.4) is 0 Å². The summed E-state index contributed by atoms with van der Waals surface area (Å²) in [7, 11) is 0. The molecule has 150 valence electrons. The average molecular weight is 408 g/mol. The molecular weight excluding hydrogens is 382 g/mol. The second kappa shape index (κ2) is 8.29. The van der Waals surface area contributed by atoms with Gasteiger partial charge >= 0.3 is 0 Å². The van der Waals surface area contributed by atoms with Gasteiger partial charge in [0.1, 0.15) is 5.25 Å². The number of aromatic nitrogens is 3. The second-order valence-electron chi connectivity index (χ2n) is 7.35. The Bertz CT molecular complexity index is 1020. The van der Waals surface area contributed by atoms with Crippen LogP contribution in [-0.2, 0) is 11.2 Å². The third-order valence-corrected chi connectivity index (χ3v) is 6.26. The molecule has 2 heterocycles. The Labute approximate surface area is 175 Å². The lowest BCUT2D eigenvalue weighted by atomic mass is 10.0. The predicted molar refractivity (Wildman–Crippen MR) is 117 cm³/mol. The van der Waals surface area contributed by atoms with Gasteiger partial charge in [-0.2, -0.15) is 0 Å².